The van der Waals surface area contributed by atoms with Crippen LogP contribution >= 0.6 is 12.4 Å². The largest absolute Gasteiger partial charge is 0.497 e. The minimum atomic E-state index is -0.0606. The van der Waals surface area contributed by atoms with Gasteiger partial charge >= 0.3 is 0 Å². The average Bonchev–Trinajstić information content (AvgIpc) is 2.62. The van der Waals surface area contributed by atoms with Crippen molar-refractivity contribution in [1.29, 1.82) is 0 Å². The summed E-state index contributed by atoms with van der Waals surface area (Å²) < 4.78 is 11.1. The van der Waals surface area contributed by atoms with E-state index in [0.717, 1.165) is 37.2 Å². The maximum absolute atomic E-state index is 12.7. The van der Waals surface area contributed by atoms with E-state index < -0.39 is 0 Å². The summed E-state index contributed by atoms with van der Waals surface area (Å²) in [6.45, 7) is 3.82. The van der Waals surface area contributed by atoms with Crippen molar-refractivity contribution in [2.45, 2.75) is 18.9 Å². The molecule has 1 N–H and O–H groups in total. The van der Waals surface area contributed by atoms with E-state index in [1.54, 1.807) is 7.11 Å². The van der Waals surface area contributed by atoms with Crippen LogP contribution in [-0.2, 0) is 9.53 Å². The van der Waals surface area contributed by atoms with Crippen LogP contribution in [0.25, 0.3) is 0 Å². The van der Waals surface area contributed by atoms with Gasteiger partial charge in [-0.3, -0.25) is 4.79 Å². The van der Waals surface area contributed by atoms with Crippen LogP contribution < -0.4 is 10.1 Å². The Morgan fingerprint density at radius 1 is 1.35 bits per heavy atom. The minimum absolute atomic E-state index is 0. The topological polar surface area (TPSA) is 50.8 Å². The van der Waals surface area contributed by atoms with Gasteiger partial charge in [0.15, 0.2) is 0 Å². The first-order valence-electron chi connectivity index (χ1n) is 8.03. The molecule has 0 aliphatic carbocycles. The summed E-state index contributed by atoms with van der Waals surface area (Å²) in [7, 11) is 1.66. The van der Waals surface area contributed by atoms with E-state index in [4.69, 9.17) is 9.47 Å². The number of ether oxygens (including phenoxy) is 2. The fraction of sp³-hybridized carbons (Fsp3) is 0.588. The van der Waals surface area contributed by atoms with E-state index in [0.29, 0.717) is 19.7 Å². The molecular weight excluding hydrogens is 316 g/mol. The van der Waals surface area contributed by atoms with Crippen LogP contribution in [0.15, 0.2) is 24.3 Å². The zero-order chi connectivity index (χ0) is 15.4. The number of carbonyl (C=O) groups excluding carboxylic acids is 1. The summed E-state index contributed by atoms with van der Waals surface area (Å²) in [5.41, 5.74) is 1.07. The highest BCUT2D eigenvalue weighted by Crippen LogP contribution is 2.27. The minimum Gasteiger partial charge on any atom is -0.497 e. The molecule has 0 bridgehead atoms. The van der Waals surface area contributed by atoms with Crippen molar-refractivity contribution < 1.29 is 14.3 Å². The van der Waals surface area contributed by atoms with Crippen molar-refractivity contribution >= 4 is 18.3 Å². The van der Waals surface area contributed by atoms with Crippen LogP contribution in [0.2, 0.25) is 0 Å². The Morgan fingerprint density at radius 3 is 2.87 bits per heavy atom. The lowest BCUT2D eigenvalue weighted by Gasteiger charge is -2.36. The molecule has 2 aliphatic heterocycles. The van der Waals surface area contributed by atoms with Crippen molar-refractivity contribution in [3.8, 4) is 5.75 Å². The second-order valence-electron chi connectivity index (χ2n) is 5.94. The Labute approximate surface area is 143 Å². The normalized spacial score (nSPS) is 22.3. The molecule has 0 aromatic heterocycles. The van der Waals surface area contributed by atoms with Gasteiger partial charge < -0.3 is 19.7 Å². The zero-order valence-corrected chi connectivity index (χ0v) is 14.3. The lowest BCUT2D eigenvalue weighted by atomic mass is 9.96. The molecule has 1 aromatic carbocycles. The van der Waals surface area contributed by atoms with Crippen molar-refractivity contribution in [1.82, 2.24) is 10.2 Å². The SMILES string of the molecule is COc1cccc(C2CN(C(=O)C3CCNCC3)CCO2)c1.Cl. The van der Waals surface area contributed by atoms with Gasteiger partial charge in [0.2, 0.25) is 5.91 Å². The van der Waals surface area contributed by atoms with E-state index in [2.05, 4.69) is 5.32 Å². The third kappa shape index (κ3) is 4.37. The summed E-state index contributed by atoms with van der Waals surface area (Å²) in [4.78, 5) is 14.6. The predicted octanol–water partition coefficient (Wildman–Crippen LogP) is 2.02. The van der Waals surface area contributed by atoms with Gasteiger partial charge in [-0.25, -0.2) is 0 Å². The Kier molecular flexibility index (Phi) is 6.69. The molecule has 2 saturated heterocycles. The van der Waals surface area contributed by atoms with Crippen LogP contribution in [0.3, 0.4) is 0 Å². The molecular formula is C17H25ClN2O3. The lowest BCUT2D eigenvalue weighted by Crippen LogP contribution is -2.47. The number of morpholine rings is 1. The van der Waals surface area contributed by atoms with Crippen LogP contribution in [0.1, 0.15) is 24.5 Å². The highest BCUT2D eigenvalue weighted by atomic mass is 35.5. The number of amides is 1. The van der Waals surface area contributed by atoms with Crippen molar-refractivity contribution in [2.24, 2.45) is 5.92 Å². The van der Waals surface area contributed by atoms with E-state index in [1.165, 1.54) is 0 Å². The molecule has 128 valence electrons. The molecule has 1 atom stereocenters. The number of nitrogens with one attached hydrogen (secondary N) is 1. The fourth-order valence-corrected chi connectivity index (χ4v) is 3.22. The monoisotopic (exact) mass is 340 g/mol. The van der Waals surface area contributed by atoms with Gasteiger partial charge in [-0.15, -0.1) is 12.4 Å². The maximum atomic E-state index is 12.7. The van der Waals surface area contributed by atoms with Crippen LogP contribution in [0.4, 0.5) is 0 Å². The Balaban J connectivity index is 0.00000192. The van der Waals surface area contributed by atoms with E-state index in [-0.39, 0.29) is 30.3 Å². The Hall–Kier alpha value is -1.30. The van der Waals surface area contributed by atoms with Crippen molar-refractivity contribution in [3.05, 3.63) is 29.8 Å². The fourth-order valence-electron chi connectivity index (χ4n) is 3.22. The smallest absolute Gasteiger partial charge is 0.225 e. The highest BCUT2D eigenvalue weighted by molar-refractivity contribution is 5.85. The predicted molar refractivity (Wildman–Crippen MR) is 91.1 cm³/mol. The molecule has 5 nitrogen and oxygen atoms in total. The maximum Gasteiger partial charge on any atom is 0.225 e. The first-order chi connectivity index (χ1) is 10.8. The first kappa shape index (κ1) is 18.0. The molecule has 2 heterocycles. The van der Waals surface area contributed by atoms with Crippen molar-refractivity contribution in [2.75, 3.05) is 39.9 Å². The lowest BCUT2D eigenvalue weighted by molar-refractivity contribution is -0.144. The molecule has 6 heteroatoms. The third-order valence-electron chi connectivity index (χ3n) is 4.53. The number of hydrogen-bond donors (Lipinski definition) is 1. The number of rotatable bonds is 3. The first-order valence-corrected chi connectivity index (χ1v) is 8.03. The standard InChI is InChI=1S/C17H24N2O3.ClH/c1-21-15-4-2-3-14(11-15)16-12-19(9-10-22-16)17(20)13-5-7-18-8-6-13;/h2-4,11,13,16,18H,5-10,12H2,1H3;1H. The van der Waals surface area contributed by atoms with Gasteiger partial charge in [-0.1, -0.05) is 12.1 Å². The molecule has 0 spiro atoms. The Bertz CT molecular complexity index is 520. The molecule has 0 saturated carbocycles. The summed E-state index contributed by atoms with van der Waals surface area (Å²) in [5.74, 6) is 1.28. The van der Waals surface area contributed by atoms with Gasteiger partial charge in [0.25, 0.3) is 0 Å². The number of nitrogens with zero attached hydrogens (tertiary/aromatic N) is 1. The van der Waals surface area contributed by atoms with E-state index >= 15 is 0 Å². The molecule has 3 rings (SSSR count). The van der Waals surface area contributed by atoms with Gasteiger partial charge in [-0.05, 0) is 43.6 Å². The highest BCUT2D eigenvalue weighted by Gasteiger charge is 2.30. The molecule has 1 unspecified atom stereocenters. The van der Waals surface area contributed by atoms with Gasteiger partial charge in [0, 0.05) is 12.5 Å². The second-order valence-corrected chi connectivity index (χ2v) is 5.94. The molecule has 1 aromatic rings. The van der Waals surface area contributed by atoms with E-state index in [1.807, 2.05) is 29.2 Å². The number of methoxy groups -OCH3 is 1. The van der Waals surface area contributed by atoms with E-state index in [9.17, 15) is 4.79 Å². The third-order valence-corrected chi connectivity index (χ3v) is 4.53. The van der Waals surface area contributed by atoms with Crippen LogP contribution in [0, 0.1) is 5.92 Å². The summed E-state index contributed by atoms with van der Waals surface area (Å²) in [6.07, 6.45) is 1.83. The van der Waals surface area contributed by atoms with Gasteiger partial charge in [0.1, 0.15) is 11.9 Å². The Morgan fingerprint density at radius 2 is 2.13 bits per heavy atom. The number of carbonyl (C=O) groups is 1. The van der Waals surface area contributed by atoms with Crippen LogP contribution in [0.5, 0.6) is 5.75 Å². The number of hydrogen-bond acceptors (Lipinski definition) is 4. The second kappa shape index (κ2) is 8.52. The number of halogens is 1. The molecule has 23 heavy (non-hydrogen) atoms. The molecule has 2 fully saturated rings. The molecule has 1 amide bonds. The molecule has 2 aliphatic rings. The van der Waals surface area contributed by atoms with Gasteiger partial charge in [-0.2, -0.15) is 0 Å². The zero-order valence-electron chi connectivity index (χ0n) is 13.5. The molecule has 0 radical (unpaired) electrons. The number of benzene rings is 1. The van der Waals surface area contributed by atoms with Crippen molar-refractivity contribution in [3.63, 3.8) is 0 Å². The van der Waals surface area contributed by atoms with Crippen LogP contribution in [-0.4, -0.2) is 50.7 Å². The summed E-state index contributed by atoms with van der Waals surface area (Å²) >= 11 is 0. The summed E-state index contributed by atoms with van der Waals surface area (Å²) in [6, 6.07) is 7.91. The number of piperidine rings is 1. The quantitative estimate of drug-likeness (QED) is 0.914. The average molecular weight is 341 g/mol. The van der Waals surface area contributed by atoms with Gasteiger partial charge in [0.05, 0.1) is 20.3 Å². The summed E-state index contributed by atoms with van der Waals surface area (Å²) in [5, 5.41) is 3.31.